The average molecular weight is 247 g/mol. The SMILES string of the molecule is CC1CCNC(C(=O)NC(C)c2ccccn2)C1. The molecule has 1 aromatic rings. The molecular weight excluding hydrogens is 226 g/mol. The molecule has 98 valence electrons. The molecule has 18 heavy (non-hydrogen) atoms. The van der Waals surface area contributed by atoms with Gasteiger partial charge in [-0.3, -0.25) is 9.78 Å². The van der Waals surface area contributed by atoms with E-state index < -0.39 is 0 Å². The Balaban J connectivity index is 1.91. The predicted molar refractivity (Wildman–Crippen MR) is 71.0 cm³/mol. The zero-order chi connectivity index (χ0) is 13.0. The van der Waals surface area contributed by atoms with Gasteiger partial charge in [0.15, 0.2) is 0 Å². The third-order valence-corrected chi connectivity index (χ3v) is 3.47. The van der Waals surface area contributed by atoms with Gasteiger partial charge in [-0.2, -0.15) is 0 Å². The maximum absolute atomic E-state index is 12.1. The number of nitrogens with one attached hydrogen (secondary N) is 2. The first-order valence-electron chi connectivity index (χ1n) is 6.61. The monoisotopic (exact) mass is 247 g/mol. The number of nitrogens with zero attached hydrogens (tertiary/aromatic N) is 1. The Bertz CT molecular complexity index is 393. The molecule has 1 aromatic heterocycles. The number of hydrogen-bond acceptors (Lipinski definition) is 3. The Hall–Kier alpha value is -1.42. The van der Waals surface area contributed by atoms with Gasteiger partial charge in [-0.15, -0.1) is 0 Å². The Morgan fingerprint density at radius 1 is 1.56 bits per heavy atom. The first kappa shape index (κ1) is 13.0. The Morgan fingerprint density at radius 3 is 3.06 bits per heavy atom. The fourth-order valence-electron chi connectivity index (χ4n) is 2.33. The first-order valence-corrected chi connectivity index (χ1v) is 6.61. The summed E-state index contributed by atoms with van der Waals surface area (Å²) in [6, 6.07) is 5.65. The molecule has 4 heteroatoms. The molecule has 1 saturated heterocycles. The summed E-state index contributed by atoms with van der Waals surface area (Å²) in [6.45, 7) is 5.09. The molecule has 2 heterocycles. The van der Waals surface area contributed by atoms with E-state index >= 15 is 0 Å². The van der Waals surface area contributed by atoms with Gasteiger partial charge in [-0.1, -0.05) is 13.0 Å². The van der Waals surface area contributed by atoms with Gasteiger partial charge in [-0.05, 0) is 44.4 Å². The van der Waals surface area contributed by atoms with Crippen molar-refractivity contribution in [3.8, 4) is 0 Å². The Morgan fingerprint density at radius 2 is 2.39 bits per heavy atom. The summed E-state index contributed by atoms with van der Waals surface area (Å²) in [5.74, 6) is 0.701. The quantitative estimate of drug-likeness (QED) is 0.854. The van der Waals surface area contributed by atoms with E-state index in [1.807, 2.05) is 25.1 Å². The fourth-order valence-corrected chi connectivity index (χ4v) is 2.33. The number of carbonyl (C=O) groups is 1. The van der Waals surface area contributed by atoms with E-state index in [1.165, 1.54) is 0 Å². The van der Waals surface area contributed by atoms with Crippen LogP contribution in [0.2, 0.25) is 0 Å². The molecule has 3 atom stereocenters. The van der Waals surface area contributed by atoms with Crippen LogP contribution in [-0.2, 0) is 4.79 Å². The van der Waals surface area contributed by atoms with Crippen LogP contribution < -0.4 is 10.6 Å². The second-order valence-electron chi connectivity index (χ2n) is 5.12. The summed E-state index contributed by atoms with van der Waals surface area (Å²) < 4.78 is 0. The number of hydrogen-bond donors (Lipinski definition) is 2. The van der Waals surface area contributed by atoms with E-state index in [-0.39, 0.29) is 18.0 Å². The summed E-state index contributed by atoms with van der Waals surface area (Å²) in [6.07, 6.45) is 3.82. The average Bonchev–Trinajstić information content (AvgIpc) is 2.39. The molecule has 2 rings (SSSR count). The molecular formula is C14H21N3O. The zero-order valence-corrected chi connectivity index (χ0v) is 11.0. The molecule has 0 bridgehead atoms. The van der Waals surface area contributed by atoms with Gasteiger partial charge in [-0.25, -0.2) is 0 Å². The molecule has 1 aliphatic rings. The van der Waals surface area contributed by atoms with Crippen LogP contribution in [-0.4, -0.2) is 23.5 Å². The molecule has 1 aliphatic heterocycles. The lowest BCUT2D eigenvalue weighted by Gasteiger charge is -2.28. The molecule has 0 aliphatic carbocycles. The van der Waals surface area contributed by atoms with E-state index in [9.17, 15) is 4.79 Å². The van der Waals surface area contributed by atoms with Crippen molar-refractivity contribution < 1.29 is 4.79 Å². The highest BCUT2D eigenvalue weighted by atomic mass is 16.2. The smallest absolute Gasteiger partial charge is 0.237 e. The topological polar surface area (TPSA) is 54.0 Å². The molecule has 1 fully saturated rings. The van der Waals surface area contributed by atoms with E-state index in [0.717, 1.165) is 25.1 Å². The summed E-state index contributed by atoms with van der Waals surface area (Å²) in [7, 11) is 0. The van der Waals surface area contributed by atoms with Crippen LogP contribution in [0.25, 0.3) is 0 Å². The minimum absolute atomic E-state index is 0.0438. The molecule has 0 spiro atoms. The van der Waals surface area contributed by atoms with Crippen molar-refractivity contribution in [2.24, 2.45) is 5.92 Å². The molecule has 0 radical (unpaired) electrons. The lowest BCUT2D eigenvalue weighted by Crippen LogP contribution is -2.48. The number of amides is 1. The van der Waals surface area contributed by atoms with Crippen LogP contribution >= 0.6 is 0 Å². The number of piperidine rings is 1. The van der Waals surface area contributed by atoms with Gasteiger partial charge in [0.05, 0.1) is 17.8 Å². The minimum atomic E-state index is -0.0556. The standard InChI is InChI=1S/C14H21N3O/c1-10-6-8-16-13(9-10)14(18)17-11(2)12-5-3-4-7-15-12/h3-5,7,10-11,13,16H,6,8-9H2,1-2H3,(H,17,18). The van der Waals surface area contributed by atoms with Gasteiger partial charge in [0.25, 0.3) is 0 Å². The van der Waals surface area contributed by atoms with Crippen LogP contribution in [0.5, 0.6) is 0 Å². The Labute approximate surface area is 108 Å². The van der Waals surface area contributed by atoms with Crippen molar-refractivity contribution in [3.05, 3.63) is 30.1 Å². The molecule has 4 nitrogen and oxygen atoms in total. The maximum Gasteiger partial charge on any atom is 0.237 e. The highest BCUT2D eigenvalue weighted by Gasteiger charge is 2.25. The van der Waals surface area contributed by atoms with Crippen molar-refractivity contribution in [1.29, 1.82) is 0 Å². The van der Waals surface area contributed by atoms with Crippen LogP contribution in [0.1, 0.15) is 38.4 Å². The van der Waals surface area contributed by atoms with Gasteiger partial charge in [0.2, 0.25) is 5.91 Å². The van der Waals surface area contributed by atoms with E-state index in [2.05, 4.69) is 22.5 Å². The van der Waals surface area contributed by atoms with Crippen molar-refractivity contribution in [3.63, 3.8) is 0 Å². The van der Waals surface area contributed by atoms with Crippen molar-refractivity contribution >= 4 is 5.91 Å². The van der Waals surface area contributed by atoms with E-state index in [4.69, 9.17) is 0 Å². The van der Waals surface area contributed by atoms with E-state index in [1.54, 1.807) is 6.20 Å². The van der Waals surface area contributed by atoms with Crippen LogP contribution in [0.15, 0.2) is 24.4 Å². The number of rotatable bonds is 3. The van der Waals surface area contributed by atoms with E-state index in [0.29, 0.717) is 5.92 Å². The van der Waals surface area contributed by atoms with Gasteiger partial charge < -0.3 is 10.6 Å². The normalized spacial score (nSPS) is 25.4. The van der Waals surface area contributed by atoms with Crippen molar-refractivity contribution in [2.45, 2.75) is 38.8 Å². The van der Waals surface area contributed by atoms with Crippen LogP contribution in [0.3, 0.4) is 0 Å². The molecule has 0 aromatic carbocycles. The fraction of sp³-hybridized carbons (Fsp3) is 0.571. The van der Waals surface area contributed by atoms with Crippen LogP contribution in [0.4, 0.5) is 0 Å². The van der Waals surface area contributed by atoms with Gasteiger partial charge in [0.1, 0.15) is 0 Å². The lowest BCUT2D eigenvalue weighted by atomic mass is 9.94. The molecule has 1 amide bonds. The summed E-state index contributed by atoms with van der Waals surface area (Å²) in [5, 5.41) is 6.30. The van der Waals surface area contributed by atoms with Crippen LogP contribution in [0, 0.1) is 5.92 Å². The largest absolute Gasteiger partial charge is 0.347 e. The molecule has 3 unspecified atom stereocenters. The molecule has 0 saturated carbocycles. The summed E-state index contributed by atoms with van der Waals surface area (Å²) in [5.41, 5.74) is 0.898. The van der Waals surface area contributed by atoms with Crippen molar-refractivity contribution in [1.82, 2.24) is 15.6 Å². The lowest BCUT2D eigenvalue weighted by molar-refractivity contribution is -0.124. The molecule has 2 N–H and O–H groups in total. The highest BCUT2D eigenvalue weighted by molar-refractivity contribution is 5.82. The number of aromatic nitrogens is 1. The third kappa shape index (κ3) is 3.29. The predicted octanol–water partition coefficient (Wildman–Crippen LogP) is 1.65. The first-order chi connectivity index (χ1) is 8.66. The van der Waals surface area contributed by atoms with Crippen molar-refractivity contribution in [2.75, 3.05) is 6.54 Å². The minimum Gasteiger partial charge on any atom is -0.347 e. The number of pyridine rings is 1. The highest BCUT2D eigenvalue weighted by Crippen LogP contribution is 2.16. The second-order valence-corrected chi connectivity index (χ2v) is 5.12. The second kappa shape index (κ2) is 5.96. The third-order valence-electron chi connectivity index (χ3n) is 3.47. The summed E-state index contributed by atoms with van der Waals surface area (Å²) in [4.78, 5) is 16.4. The Kier molecular flexibility index (Phi) is 4.31. The summed E-state index contributed by atoms with van der Waals surface area (Å²) >= 11 is 0. The van der Waals surface area contributed by atoms with Gasteiger partial charge >= 0.3 is 0 Å². The van der Waals surface area contributed by atoms with Gasteiger partial charge in [0, 0.05) is 6.20 Å². The number of carbonyl (C=O) groups excluding carboxylic acids is 1. The zero-order valence-electron chi connectivity index (χ0n) is 11.0. The maximum atomic E-state index is 12.1.